The van der Waals surface area contributed by atoms with E-state index in [9.17, 15) is 9.90 Å². The summed E-state index contributed by atoms with van der Waals surface area (Å²) < 4.78 is 16.6. The van der Waals surface area contributed by atoms with Gasteiger partial charge in [-0.25, -0.2) is 14.8 Å². The third-order valence-electron chi connectivity index (χ3n) is 5.06. The Morgan fingerprint density at radius 3 is 2.58 bits per heavy atom. The molecule has 0 amide bonds. The van der Waals surface area contributed by atoms with Crippen LogP contribution in [0.25, 0.3) is 22.0 Å². The zero-order chi connectivity index (χ0) is 23.2. The summed E-state index contributed by atoms with van der Waals surface area (Å²) in [6.07, 6.45) is 4.61. The molecule has 0 spiro atoms. The van der Waals surface area contributed by atoms with E-state index in [1.807, 2.05) is 43.3 Å². The molecule has 8 heteroatoms. The number of hydrogen-bond acceptors (Lipinski definition) is 7. The summed E-state index contributed by atoms with van der Waals surface area (Å²) >= 11 is 1.60. The molecule has 0 fully saturated rings. The van der Waals surface area contributed by atoms with Crippen LogP contribution in [0.1, 0.15) is 22.9 Å². The monoisotopic (exact) mass is 464 g/mol. The quantitative estimate of drug-likeness (QED) is 0.336. The largest absolute Gasteiger partial charge is 0.488 e. The predicted molar refractivity (Wildman–Crippen MR) is 125 cm³/mol. The van der Waals surface area contributed by atoms with Crippen molar-refractivity contribution in [2.75, 3.05) is 6.61 Å². The minimum absolute atomic E-state index is 0.315. The molecule has 0 saturated heterocycles. The molecule has 7 nitrogen and oxygen atoms in total. The first-order valence-corrected chi connectivity index (χ1v) is 11.4. The number of benzene rings is 1. The van der Waals surface area contributed by atoms with E-state index in [2.05, 4.69) is 16.0 Å². The number of carbonyl (C=O) groups is 1. The average molecular weight is 465 g/mol. The maximum atomic E-state index is 11.3. The van der Waals surface area contributed by atoms with Crippen molar-refractivity contribution in [3.8, 4) is 27.8 Å². The number of aliphatic carboxylic acids is 1. The standard InChI is InChI=1S/C25H24N2O5S/c1-3-30-21(25(28)29)12-17-6-8-19(9-7-17)32-15-23-16(2)11-22(33-23)24-26-13-18(14-27-24)20-5-4-10-31-20/h4-11,13-14,21H,3,12,15H2,1-2H3,(H,28,29). The van der Waals surface area contributed by atoms with Crippen molar-refractivity contribution in [2.24, 2.45) is 0 Å². The van der Waals surface area contributed by atoms with E-state index < -0.39 is 12.1 Å². The lowest BCUT2D eigenvalue weighted by molar-refractivity contribution is -0.149. The van der Waals surface area contributed by atoms with Crippen LogP contribution in [0.15, 0.2) is 65.5 Å². The number of thiophene rings is 1. The van der Waals surface area contributed by atoms with Crippen LogP contribution < -0.4 is 4.74 Å². The van der Waals surface area contributed by atoms with Gasteiger partial charge in [-0.1, -0.05) is 12.1 Å². The lowest BCUT2D eigenvalue weighted by Gasteiger charge is -2.13. The first-order valence-electron chi connectivity index (χ1n) is 10.5. The lowest BCUT2D eigenvalue weighted by Crippen LogP contribution is -2.26. The maximum absolute atomic E-state index is 11.3. The summed E-state index contributed by atoms with van der Waals surface area (Å²) in [6, 6.07) is 13.2. The summed E-state index contributed by atoms with van der Waals surface area (Å²) in [5.41, 5.74) is 2.83. The molecule has 3 aromatic heterocycles. The average Bonchev–Trinajstić information content (AvgIpc) is 3.48. The zero-order valence-corrected chi connectivity index (χ0v) is 19.2. The van der Waals surface area contributed by atoms with Gasteiger partial charge in [0, 0.05) is 30.3 Å². The van der Waals surface area contributed by atoms with Gasteiger partial charge in [0.15, 0.2) is 11.9 Å². The molecule has 170 valence electrons. The minimum atomic E-state index is -0.958. The predicted octanol–water partition coefficient (Wildman–Crippen LogP) is 5.38. The Balaban J connectivity index is 1.38. The molecule has 4 aromatic rings. The van der Waals surface area contributed by atoms with E-state index in [4.69, 9.17) is 13.9 Å². The van der Waals surface area contributed by atoms with Gasteiger partial charge < -0.3 is 19.0 Å². The van der Waals surface area contributed by atoms with Gasteiger partial charge in [-0.05, 0) is 55.3 Å². The molecule has 1 unspecified atom stereocenters. The number of hydrogen-bond donors (Lipinski definition) is 1. The van der Waals surface area contributed by atoms with Crippen molar-refractivity contribution in [1.82, 2.24) is 9.97 Å². The van der Waals surface area contributed by atoms with Crippen LogP contribution in [0.3, 0.4) is 0 Å². The highest BCUT2D eigenvalue weighted by Gasteiger charge is 2.18. The Morgan fingerprint density at radius 1 is 1.18 bits per heavy atom. The van der Waals surface area contributed by atoms with Crippen LogP contribution in [-0.4, -0.2) is 33.8 Å². The molecule has 0 bridgehead atoms. The topological polar surface area (TPSA) is 94.7 Å². The molecule has 4 rings (SSSR count). The van der Waals surface area contributed by atoms with E-state index >= 15 is 0 Å². The summed E-state index contributed by atoms with van der Waals surface area (Å²) in [6.45, 7) is 4.61. The normalized spacial score (nSPS) is 11.9. The fraction of sp³-hybridized carbons (Fsp3) is 0.240. The first-order chi connectivity index (χ1) is 16.0. The van der Waals surface area contributed by atoms with Gasteiger partial charge in [-0.2, -0.15) is 0 Å². The van der Waals surface area contributed by atoms with E-state index in [1.54, 1.807) is 36.9 Å². The molecule has 0 radical (unpaired) electrons. The fourth-order valence-electron chi connectivity index (χ4n) is 3.30. The molecule has 0 aliphatic rings. The molecule has 3 heterocycles. The van der Waals surface area contributed by atoms with Crippen LogP contribution in [0.4, 0.5) is 0 Å². The molecule has 1 N–H and O–H groups in total. The number of ether oxygens (including phenoxy) is 2. The second kappa shape index (κ2) is 10.4. The Bertz CT molecular complexity index is 1180. The van der Waals surface area contributed by atoms with Crippen LogP contribution in [0.5, 0.6) is 5.75 Å². The van der Waals surface area contributed by atoms with E-state index in [-0.39, 0.29) is 0 Å². The number of carboxylic acids is 1. The summed E-state index contributed by atoms with van der Waals surface area (Å²) in [5, 5.41) is 9.24. The van der Waals surface area contributed by atoms with Crippen molar-refractivity contribution in [3.63, 3.8) is 0 Å². The highest BCUT2D eigenvalue weighted by Crippen LogP contribution is 2.31. The third kappa shape index (κ3) is 5.66. The second-order valence-electron chi connectivity index (χ2n) is 7.41. The van der Waals surface area contributed by atoms with Crippen LogP contribution in [-0.2, 0) is 22.6 Å². The SMILES string of the molecule is CCOC(Cc1ccc(OCc2sc(-c3ncc(-c4ccco4)cn3)cc2C)cc1)C(=O)O. The smallest absolute Gasteiger partial charge is 0.333 e. The molecule has 33 heavy (non-hydrogen) atoms. The van der Waals surface area contributed by atoms with Crippen LogP contribution >= 0.6 is 11.3 Å². The Morgan fingerprint density at radius 2 is 1.94 bits per heavy atom. The number of aryl methyl sites for hydroxylation is 1. The van der Waals surface area contributed by atoms with Crippen LogP contribution in [0.2, 0.25) is 0 Å². The van der Waals surface area contributed by atoms with Gasteiger partial charge in [-0.3, -0.25) is 0 Å². The van der Waals surface area contributed by atoms with E-state index in [1.165, 1.54) is 0 Å². The van der Waals surface area contributed by atoms with Gasteiger partial charge in [0.25, 0.3) is 0 Å². The van der Waals surface area contributed by atoms with E-state index in [0.29, 0.717) is 25.5 Å². The molecule has 1 aromatic carbocycles. The summed E-state index contributed by atoms with van der Waals surface area (Å²) in [7, 11) is 0. The van der Waals surface area contributed by atoms with Gasteiger partial charge >= 0.3 is 5.97 Å². The number of nitrogens with zero attached hydrogens (tertiary/aromatic N) is 2. The summed E-state index contributed by atoms with van der Waals surface area (Å²) in [5.74, 6) is 1.16. The maximum Gasteiger partial charge on any atom is 0.333 e. The van der Waals surface area contributed by atoms with Crippen molar-refractivity contribution < 1.29 is 23.8 Å². The van der Waals surface area contributed by atoms with Gasteiger partial charge in [0.2, 0.25) is 0 Å². The summed E-state index contributed by atoms with van der Waals surface area (Å²) in [4.78, 5) is 22.3. The Kier molecular flexibility index (Phi) is 7.16. The number of furan rings is 1. The Hall–Kier alpha value is -3.49. The fourth-order valence-corrected chi connectivity index (χ4v) is 4.34. The zero-order valence-electron chi connectivity index (χ0n) is 18.4. The Labute approximate surface area is 195 Å². The van der Waals surface area contributed by atoms with E-state index in [0.717, 1.165) is 38.0 Å². The second-order valence-corrected chi connectivity index (χ2v) is 8.55. The molecule has 0 saturated carbocycles. The van der Waals surface area contributed by atoms with Crippen molar-refractivity contribution in [2.45, 2.75) is 33.0 Å². The molecular formula is C25H24N2O5S. The number of rotatable bonds is 10. The van der Waals surface area contributed by atoms with Crippen molar-refractivity contribution >= 4 is 17.3 Å². The van der Waals surface area contributed by atoms with Gasteiger partial charge in [-0.15, -0.1) is 11.3 Å². The molecule has 1 atom stereocenters. The molecular weight excluding hydrogens is 440 g/mol. The molecule has 0 aliphatic carbocycles. The highest BCUT2D eigenvalue weighted by molar-refractivity contribution is 7.15. The highest BCUT2D eigenvalue weighted by atomic mass is 32.1. The lowest BCUT2D eigenvalue weighted by atomic mass is 10.1. The van der Waals surface area contributed by atoms with Gasteiger partial charge in [0.05, 0.1) is 16.7 Å². The third-order valence-corrected chi connectivity index (χ3v) is 6.26. The first kappa shape index (κ1) is 22.7. The number of carboxylic acid groups (broad SMARTS) is 1. The van der Waals surface area contributed by atoms with Crippen molar-refractivity contribution in [1.29, 1.82) is 0 Å². The van der Waals surface area contributed by atoms with Gasteiger partial charge in [0.1, 0.15) is 18.1 Å². The molecule has 0 aliphatic heterocycles. The minimum Gasteiger partial charge on any atom is -0.488 e. The van der Waals surface area contributed by atoms with Crippen LogP contribution in [0, 0.1) is 6.92 Å². The number of aromatic nitrogens is 2. The van der Waals surface area contributed by atoms with Crippen molar-refractivity contribution in [3.05, 3.63) is 77.1 Å².